The third-order valence-corrected chi connectivity index (χ3v) is 4.14. The van der Waals surface area contributed by atoms with E-state index in [1.807, 2.05) is 5.38 Å². The van der Waals surface area contributed by atoms with Crippen LogP contribution in [0, 0.1) is 0 Å². The molecule has 0 radical (unpaired) electrons. The van der Waals surface area contributed by atoms with Crippen LogP contribution >= 0.6 is 11.3 Å². The van der Waals surface area contributed by atoms with E-state index in [1.165, 1.54) is 6.07 Å². The summed E-state index contributed by atoms with van der Waals surface area (Å²) in [5, 5.41) is 11.1. The van der Waals surface area contributed by atoms with Crippen molar-refractivity contribution in [3.05, 3.63) is 40.8 Å². The molecule has 1 aromatic heterocycles. The van der Waals surface area contributed by atoms with Crippen molar-refractivity contribution < 1.29 is 8.42 Å². The van der Waals surface area contributed by atoms with Crippen LogP contribution in [0.2, 0.25) is 0 Å². The average Bonchev–Trinajstić information content (AvgIpc) is 2.81. The minimum absolute atomic E-state index is 0.115. The van der Waals surface area contributed by atoms with Gasteiger partial charge in [-0.1, -0.05) is 12.1 Å². The summed E-state index contributed by atoms with van der Waals surface area (Å²) in [6, 6.07) is 6.59. The van der Waals surface area contributed by atoms with Crippen molar-refractivity contribution in [3.8, 4) is 0 Å². The maximum absolute atomic E-state index is 11.4. The molecule has 1 heterocycles. The second kappa shape index (κ2) is 5.47. The Kier molecular flexibility index (Phi) is 3.95. The first-order chi connectivity index (χ1) is 8.57. The number of thiazole rings is 1. The van der Waals surface area contributed by atoms with Crippen LogP contribution in [0.5, 0.6) is 0 Å². The van der Waals surface area contributed by atoms with E-state index in [0.29, 0.717) is 12.2 Å². The fourth-order valence-electron chi connectivity index (χ4n) is 1.54. The lowest BCUT2D eigenvalue weighted by atomic mass is 10.3. The molecular weight excluding hydrogens is 270 g/mol. The highest BCUT2D eigenvalue weighted by Gasteiger charge is 2.12. The van der Waals surface area contributed by atoms with Gasteiger partial charge in [-0.15, -0.1) is 11.3 Å². The average molecular weight is 283 g/mol. The number of nitrogens with two attached hydrogens (primary N) is 1. The maximum Gasteiger partial charge on any atom is 0.240 e. The molecule has 1 aromatic carbocycles. The highest BCUT2D eigenvalue weighted by Crippen LogP contribution is 2.19. The third kappa shape index (κ3) is 3.28. The molecule has 0 aliphatic rings. The minimum Gasteiger partial charge on any atom is -0.384 e. The van der Waals surface area contributed by atoms with Gasteiger partial charge >= 0.3 is 0 Å². The van der Waals surface area contributed by atoms with Crippen LogP contribution in [0.4, 0.5) is 5.69 Å². The van der Waals surface area contributed by atoms with Gasteiger partial charge in [0.1, 0.15) is 4.90 Å². The zero-order valence-corrected chi connectivity index (χ0v) is 11.2. The molecule has 2 aromatic rings. The van der Waals surface area contributed by atoms with E-state index >= 15 is 0 Å². The van der Waals surface area contributed by atoms with Crippen molar-refractivity contribution in [2.75, 3.05) is 11.9 Å². The molecule has 0 unspecified atom stereocenters. The van der Waals surface area contributed by atoms with Gasteiger partial charge in [-0.05, 0) is 12.1 Å². The van der Waals surface area contributed by atoms with E-state index in [1.54, 1.807) is 35.7 Å². The number of anilines is 1. The number of para-hydroxylation sites is 1. The van der Waals surface area contributed by atoms with E-state index in [-0.39, 0.29) is 4.90 Å². The summed E-state index contributed by atoms with van der Waals surface area (Å²) < 4.78 is 22.7. The molecule has 0 bridgehead atoms. The van der Waals surface area contributed by atoms with Crippen LogP contribution in [0.1, 0.15) is 5.01 Å². The monoisotopic (exact) mass is 283 g/mol. The quantitative estimate of drug-likeness (QED) is 0.869. The van der Waals surface area contributed by atoms with Crippen LogP contribution in [0.15, 0.2) is 40.7 Å². The Morgan fingerprint density at radius 3 is 2.78 bits per heavy atom. The molecule has 0 saturated heterocycles. The molecular formula is C11H13N3O2S2. The zero-order valence-electron chi connectivity index (χ0n) is 9.54. The van der Waals surface area contributed by atoms with E-state index in [9.17, 15) is 8.42 Å². The number of sulfonamides is 1. The second-order valence-corrected chi connectivity index (χ2v) is 6.15. The van der Waals surface area contributed by atoms with Crippen LogP contribution in [0.3, 0.4) is 0 Å². The summed E-state index contributed by atoms with van der Waals surface area (Å²) in [5.74, 6) is 0. The molecule has 5 nitrogen and oxygen atoms in total. The Morgan fingerprint density at radius 2 is 2.11 bits per heavy atom. The molecule has 0 aliphatic carbocycles. The summed E-state index contributed by atoms with van der Waals surface area (Å²) in [6.45, 7) is 0.611. The molecule has 0 fully saturated rings. The van der Waals surface area contributed by atoms with Gasteiger partial charge in [-0.3, -0.25) is 0 Å². The Morgan fingerprint density at radius 1 is 1.33 bits per heavy atom. The van der Waals surface area contributed by atoms with Crippen molar-refractivity contribution in [3.63, 3.8) is 0 Å². The summed E-state index contributed by atoms with van der Waals surface area (Å²) in [7, 11) is -3.69. The highest BCUT2D eigenvalue weighted by molar-refractivity contribution is 7.89. The Balaban J connectivity index is 2.06. The first-order valence-electron chi connectivity index (χ1n) is 5.31. The number of hydrogen-bond acceptors (Lipinski definition) is 5. The summed E-state index contributed by atoms with van der Waals surface area (Å²) in [5.41, 5.74) is 0.525. The van der Waals surface area contributed by atoms with Crippen molar-refractivity contribution in [2.45, 2.75) is 11.3 Å². The van der Waals surface area contributed by atoms with Crippen LogP contribution in [-0.4, -0.2) is 19.9 Å². The van der Waals surface area contributed by atoms with Gasteiger partial charge in [0, 0.05) is 24.5 Å². The molecule has 0 saturated carbocycles. The number of benzene rings is 1. The normalized spacial score (nSPS) is 11.4. The smallest absolute Gasteiger partial charge is 0.240 e. The zero-order chi connectivity index (χ0) is 13.0. The Labute approximate surface area is 110 Å². The first kappa shape index (κ1) is 13.0. The van der Waals surface area contributed by atoms with Gasteiger partial charge < -0.3 is 5.32 Å². The van der Waals surface area contributed by atoms with E-state index in [0.717, 1.165) is 11.4 Å². The van der Waals surface area contributed by atoms with Gasteiger partial charge in [0.25, 0.3) is 0 Å². The van der Waals surface area contributed by atoms with Crippen molar-refractivity contribution in [2.24, 2.45) is 5.14 Å². The van der Waals surface area contributed by atoms with Gasteiger partial charge in [0.05, 0.1) is 10.7 Å². The van der Waals surface area contributed by atoms with Gasteiger partial charge in [-0.25, -0.2) is 18.5 Å². The summed E-state index contributed by atoms with van der Waals surface area (Å²) in [4.78, 5) is 4.27. The number of rotatable bonds is 5. The topological polar surface area (TPSA) is 85.1 Å². The molecule has 0 spiro atoms. The van der Waals surface area contributed by atoms with Gasteiger partial charge in [0.2, 0.25) is 10.0 Å². The number of primary sulfonamides is 1. The molecule has 18 heavy (non-hydrogen) atoms. The Bertz CT molecular complexity index is 609. The molecule has 0 aliphatic heterocycles. The highest BCUT2D eigenvalue weighted by atomic mass is 32.2. The van der Waals surface area contributed by atoms with Crippen molar-refractivity contribution in [1.82, 2.24) is 4.98 Å². The van der Waals surface area contributed by atoms with Crippen molar-refractivity contribution in [1.29, 1.82) is 0 Å². The predicted octanol–water partition coefficient (Wildman–Crippen LogP) is 1.45. The van der Waals surface area contributed by atoms with Gasteiger partial charge in [-0.2, -0.15) is 0 Å². The number of hydrogen-bond donors (Lipinski definition) is 2. The molecule has 3 N–H and O–H groups in total. The lowest BCUT2D eigenvalue weighted by Crippen LogP contribution is -2.15. The van der Waals surface area contributed by atoms with E-state index in [4.69, 9.17) is 5.14 Å². The molecule has 7 heteroatoms. The predicted molar refractivity (Wildman–Crippen MR) is 72.1 cm³/mol. The first-order valence-corrected chi connectivity index (χ1v) is 7.74. The third-order valence-electron chi connectivity index (χ3n) is 2.33. The maximum atomic E-state index is 11.4. The fraction of sp³-hybridized carbons (Fsp3) is 0.182. The standard InChI is InChI=1S/C11H13N3O2S2/c12-18(15,16)10-4-2-1-3-9(10)13-6-5-11-14-7-8-17-11/h1-4,7-8,13H,5-6H2,(H2,12,15,16). The molecule has 0 amide bonds. The van der Waals surface area contributed by atoms with Crippen LogP contribution in [0.25, 0.3) is 0 Å². The van der Waals surface area contributed by atoms with E-state index in [2.05, 4.69) is 10.3 Å². The Hall–Kier alpha value is -1.44. The number of nitrogens with one attached hydrogen (secondary N) is 1. The van der Waals surface area contributed by atoms with Crippen LogP contribution < -0.4 is 10.5 Å². The second-order valence-electron chi connectivity index (χ2n) is 3.64. The summed E-state index contributed by atoms with van der Waals surface area (Å²) in [6.07, 6.45) is 2.49. The summed E-state index contributed by atoms with van der Waals surface area (Å²) >= 11 is 1.57. The molecule has 0 atom stereocenters. The largest absolute Gasteiger partial charge is 0.384 e. The van der Waals surface area contributed by atoms with Gasteiger partial charge in [0.15, 0.2) is 0 Å². The fourth-order valence-corrected chi connectivity index (χ4v) is 2.88. The molecule has 96 valence electrons. The van der Waals surface area contributed by atoms with Crippen molar-refractivity contribution >= 4 is 27.0 Å². The molecule has 2 rings (SSSR count). The lowest BCUT2D eigenvalue weighted by Gasteiger charge is -2.09. The minimum atomic E-state index is -3.69. The number of aromatic nitrogens is 1. The lowest BCUT2D eigenvalue weighted by molar-refractivity contribution is 0.598. The number of nitrogens with zero attached hydrogens (tertiary/aromatic N) is 1. The SMILES string of the molecule is NS(=O)(=O)c1ccccc1NCCc1nccs1. The van der Waals surface area contributed by atoms with Crippen LogP contribution in [-0.2, 0) is 16.4 Å². The van der Waals surface area contributed by atoms with E-state index < -0.39 is 10.0 Å².